The molecule has 3 saturated heterocycles. The molecule has 13 N–H and O–H groups in total. The average molecular weight is 1130 g/mol. The van der Waals surface area contributed by atoms with Crippen molar-refractivity contribution in [3.05, 3.63) is 23.3 Å². The molecule has 0 aromatic rings. The summed E-state index contributed by atoms with van der Waals surface area (Å²) in [5.41, 5.74) is -3.78. The molecule has 0 spiro atoms. The van der Waals surface area contributed by atoms with Gasteiger partial charge in [0.05, 0.1) is 44.1 Å². The summed E-state index contributed by atoms with van der Waals surface area (Å²) >= 11 is 0. The molecule has 0 amide bonds. The van der Waals surface area contributed by atoms with Gasteiger partial charge in [-0.05, 0) is 92.8 Å². The van der Waals surface area contributed by atoms with Gasteiger partial charge in [-0.1, -0.05) is 59.3 Å². The van der Waals surface area contributed by atoms with Gasteiger partial charge in [0.1, 0.15) is 79.4 Å². The topological polar surface area (TPSA) is 388 Å². The molecule has 0 bridgehead atoms. The number of fused-ring (bicyclic) bond motifs is 7. The highest BCUT2D eigenvalue weighted by molar-refractivity contribution is 5.87. The molecule has 0 radical (unpaired) electrons. The fraction of sp³-hybridized carbons (Fsp3) is 0.873. The lowest BCUT2D eigenvalue weighted by Crippen LogP contribution is -2.72. The highest BCUT2D eigenvalue weighted by Gasteiger charge is 2.74. The van der Waals surface area contributed by atoms with Crippen LogP contribution in [0.3, 0.4) is 0 Å². The Labute approximate surface area is 459 Å². The Hall–Kier alpha value is -2.83. The minimum atomic E-state index is -2.18. The van der Waals surface area contributed by atoms with Gasteiger partial charge in [0.25, 0.3) is 0 Å². The zero-order chi connectivity index (χ0) is 58.4. The van der Waals surface area contributed by atoms with Crippen LogP contribution in [0.1, 0.15) is 107 Å². The molecule has 8 rings (SSSR count). The average Bonchev–Trinajstić information content (AvgIpc) is 3.29. The van der Waals surface area contributed by atoms with Crippen molar-refractivity contribution in [1.82, 2.24) is 0 Å². The van der Waals surface area contributed by atoms with E-state index in [1.54, 1.807) is 19.9 Å². The van der Waals surface area contributed by atoms with Crippen molar-refractivity contribution < 1.29 is 119 Å². The zero-order valence-corrected chi connectivity index (χ0v) is 46.4. The second-order valence-corrected chi connectivity index (χ2v) is 25.5. The van der Waals surface area contributed by atoms with Crippen LogP contribution in [0.5, 0.6) is 0 Å². The van der Waals surface area contributed by atoms with E-state index in [2.05, 4.69) is 26.8 Å². The van der Waals surface area contributed by atoms with Crippen molar-refractivity contribution in [3.8, 4) is 0 Å². The highest BCUT2D eigenvalue weighted by atomic mass is 16.8. The predicted molar refractivity (Wildman–Crippen MR) is 269 cm³/mol. The van der Waals surface area contributed by atoms with E-state index in [0.717, 1.165) is 5.57 Å². The quantitative estimate of drug-likeness (QED) is 0.0415. The van der Waals surface area contributed by atoms with Crippen molar-refractivity contribution in [2.24, 2.45) is 50.2 Å². The van der Waals surface area contributed by atoms with Crippen molar-refractivity contribution in [2.75, 3.05) is 26.4 Å². The minimum Gasteiger partial charge on any atom is -0.479 e. The van der Waals surface area contributed by atoms with Crippen LogP contribution in [0, 0.1) is 50.2 Å². The summed E-state index contributed by atoms with van der Waals surface area (Å²) in [5.74, 6) is -3.88. The maximum absolute atomic E-state index is 13.4. The fourth-order valence-electron chi connectivity index (χ4n) is 16.2. The highest BCUT2D eigenvalue weighted by Crippen LogP contribution is 2.76. The molecule has 5 aliphatic carbocycles. The summed E-state index contributed by atoms with van der Waals surface area (Å²) in [4.78, 5) is 39.5. The number of carboxylic acid groups (broad SMARTS) is 1. The van der Waals surface area contributed by atoms with Crippen molar-refractivity contribution in [1.29, 1.82) is 0 Å². The molecule has 450 valence electrons. The number of carbonyl (C=O) groups excluding carboxylic acids is 2. The smallest absolute Gasteiger partial charge is 0.335 e. The van der Waals surface area contributed by atoms with E-state index in [0.29, 0.717) is 37.7 Å². The third kappa shape index (κ3) is 9.94. The molecule has 8 aliphatic rings. The zero-order valence-electron chi connectivity index (χ0n) is 46.4. The molecule has 0 aromatic carbocycles. The van der Waals surface area contributed by atoms with Gasteiger partial charge in [-0.2, -0.15) is 0 Å². The number of aliphatic hydroxyl groups is 12. The summed E-state index contributed by atoms with van der Waals surface area (Å²) < 4.78 is 48.2. The Kier molecular flexibility index (Phi) is 17.8. The number of hydrogen-bond donors (Lipinski definition) is 13. The molecule has 3 aliphatic heterocycles. The van der Waals surface area contributed by atoms with Crippen LogP contribution in [-0.4, -0.2) is 227 Å². The Morgan fingerprint density at radius 1 is 0.658 bits per heavy atom. The van der Waals surface area contributed by atoms with Gasteiger partial charge in [0.2, 0.25) is 0 Å². The summed E-state index contributed by atoms with van der Waals surface area (Å²) in [6.45, 7) is 14.1. The molecule has 3 heterocycles. The van der Waals surface area contributed by atoms with E-state index in [9.17, 15) is 80.8 Å². The molecular weight excluding hydrogens is 1040 g/mol. The van der Waals surface area contributed by atoms with Crippen LogP contribution in [0.25, 0.3) is 0 Å². The number of carboxylic acids is 1. The van der Waals surface area contributed by atoms with Gasteiger partial charge in [-0.15, -0.1) is 0 Å². The van der Waals surface area contributed by atoms with Gasteiger partial charge >= 0.3 is 17.9 Å². The van der Waals surface area contributed by atoms with Gasteiger partial charge in [0, 0.05) is 23.3 Å². The lowest BCUT2D eigenvalue weighted by Gasteiger charge is -2.72. The van der Waals surface area contributed by atoms with E-state index in [-0.39, 0.29) is 24.7 Å². The van der Waals surface area contributed by atoms with E-state index in [4.69, 9.17) is 37.9 Å². The Morgan fingerprint density at radius 2 is 1.24 bits per heavy atom. The lowest BCUT2D eigenvalue weighted by atomic mass is 9.33. The molecule has 27 atom stereocenters. The summed E-state index contributed by atoms with van der Waals surface area (Å²) in [6.07, 6.45) is -26.5. The third-order valence-corrected chi connectivity index (χ3v) is 21.1. The summed E-state index contributed by atoms with van der Waals surface area (Å²) in [7, 11) is 0. The van der Waals surface area contributed by atoms with E-state index < -0.39 is 199 Å². The summed E-state index contributed by atoms with van der Waals surface area (Å²) in [6, 6.07) is 0. The first-order valence-corrected chi connectivity index (χ1v) is 27.7. The summed E-state index contributed by atoms with van der Waals surface area (Å²) in [5, 5.41) is 143. The van der Waals surface area contributed by atoms with Gasteiger partial charge in [0.15, 0.2) is 25.0 Å². The maximum atomic E-state index is 13.4. The van der Waals surface area contributed by atoms with Crippen LogP contribution in [0.2, 0.25) is 0 Å². The fourth-order valence-corrected chi connectivity index (χ4v) is 16.2. The second kappa shape index (κ2) is 22.6. The molecule has 79 heavy (non-hydrogen) atoms. The standard InChI is InChI=1S/C55H86O24/c1-10-23(2)46(71)79-43-44(72-24(3)60)55(22-59)26(17-50(43,4)5)25-11-12-30-51(6)15-14-32(52(7,21-58)29(51)13-16-53(30,8)54(25,9)18-31(55)61)75-49-41(77-48-38(67)36(65)34(63)28(20-57)74-48)39(68)40(42(78-49)45(69)70)76-47-37(66)35(64)33(62)27(19-56)73-47/h10-11,26-44,47-49,56-59,61-68H,12-22H2,1-9H3,(H,69,70)/b23-10-/t26?,27?,28?,29?,30?,31?,32?,33?,34?,35?,36?,37?,38?,39?,40-,41+,42?,43?,44?,47-,48-,49?,51-,52+,53-,54-,55+/m0/s1. The van der Waals surface area contributed by atoms with Crippen LogP contribution >= 0.6 is 0 Å². The number of hydrogen-bond acceptors (Lipinski definition) is 23. The second-order valence-electron chi connectivity index (χ2n) is 25.5. The van der Waals surface area contributed by atoms with Crippen LogP contribution in [0.15, 0.2) is 23.3 Å². The first-order chi connectivity index (χ1) is 36.9. The van der Waals surface area contributed by atoms with Crippen molar-refractivity contribution in [2.45, 2.75) is 224 Å². The number of aliphatic carboxylic acids is 1. The molecule has 0 aromatic heterocycles. The lowest BCUT2D eigenvalue weighted by molar-refractivity contribution is -0.392. The largest absolute Gasteiger partial charge is 0.479 e. The molecule has 18 unspecified atom stereocenters. The van der Waals surface area contributed by atoms with Gasteiger partial charge < -0.3 is 104 Å². The number of rotatable bonds is 14. The number of aliphatic hydroxyl groups excluding tert-OH is 12. The Morgan fingerprint density at radius 3 is 1.76 bits per heavy atom. The van der Waals surface area contributed by atoms with E-state index in [1.807, 2.05) is 20.8 Å². The van der Waals surface area contributed by atoms with Gasteiger partial charge in [-0.3, -0.25) is 4.79 Å². The van der Waals surface area contributed by atoms with Crippen LogP contribution in [-0.2, 0) is 52.3 Å². The first-order valence-electron chi connectivity index (χ1n) is 27.7. The SMILES string of the molecule is C/C=C(/C)C(=O)OC1C(OC(C)=O)[C@@]2(CO)C(O)C[C@@]3(C)C(=CCC4[C@@]5(C)CCC(OC6OC(C(=O)O)[C@@H](O[C@@H]7OC(CO)C(O)C(O)C7O)C(O)[C@H]6O[C@@H]6OC(CO)C(O)C(O)C6O)[C@](C)(CO)C5CC[C@@]43C)C2CC1(C)C. The molecule has 24 nitrogen and oxygen atoms in total. The number of allylic oxidation sites excluding steroid dienone is 3. The number of ether oxygens (including phenoxy) is 8. The Balaban J connectivity index is 1.12. The molecule has 4 saturated carbocycles. The third-order valence-electron chi connectivity index (χ3n) is 21.1. The van der Waals surface area contributed by atoms with E-state index in [1.165, 1.54) is 6.92 Å². The monoisotopic (exact) mass is 1130 g/mol. The maximum Gasteiger partial charge on any atom is 0.335 e. The van der Waals surface area contributed by atoms with E-state index >= 15 is 0 Å². The van der Waals surface area contributed by atoms with Crippen LogP contribution < -0.4 is 0 Å². The molecule has 24 heteroatoms. The number of esters is 2. The molecular formula is C55H86O24. The van der Waals surface area contributed by atoms with Crippen molar-refractivity contribution in [3.63, 3.8) is 0 Å². The molecule has 7 fully saturated rings. The van der Waals surface area contributed by atoms with Gasteiger partial charge in [-0.25, -0.2) is 9.59 Å². The first kappa shape index (κ1) is 62.2. The normalized spacial score (nSPS) is 50.6. The minimum absolute atomic E-state index is 0.0849. The Bertz CT molecular complexity index is 2290. The predicted octanol–water partition coefficient (Wildman–Crippen LogP) is -1.32. The number of carbonyl (C=O) groups is 3. The van der Waals surface area contributed by atoms with Crippen molar-refractivity contribution >= 4 is 17.9 Å². The van der Waals surface area contributed by atoms with Crippen LogP contribution in [0.4, 0.5) is 0 Å².